The SMILES string of the molecule is CC1CSC[N-]1.[Ac]. The molecule has 1 fully saturated rings. The Kier molecular flexibility index (Phi) is 5.77. The fourth-order valence-electron chi connectivity index (χ4n) is 0.456. The van der Waals surface area contributed by atoms with Crippen LogP contribution in [0.1, 0.15) is 6.92 Å². The van der Waals surface area contributed by atoms with Crippen LogP contribution in [0.25, 0.3) is 5.32 Å². The van der Waals surface area contributed by atoms with Crippen LogP contribution < -0.4 is 0 Å². The van der Waals surface area contributed by atoms with E-state index in [1.54, 1.807) is 0 Å². The summed E-state index contributed by atoms with van der Waals surface area (Å²) < 4.78 is 0. The third kappa shape index (κ3) is 3.35. The van der Waals surface area contributed by atoms with Crippen LogP contribution in [0.5, 0.6) is 0 Å². The van der Waals surface area contributed by atoms with Crippen molar-refractivity contribution < 1.29 is 44.1 Å². The summed E-state index contributed by atoms with van der Waals surface area (Å²) in [5.74, 6) is 2.27. The van der Waals surface area contributed by atoms with Gasteiger partial charge >= 0.3 is 0 Å². The van der Waals surface area contributed by atoms with Gasteiger partial charge in [0.05, 0.1) is 0 Å². The minimum absolute atomic E-state index is 0. The summed E-state index contributed by atoms with van der Waals surface area (Å²) in [6.45, 7) is 2.15. The van der Waals surface area contributed by atoms with Gasteiger partial charge in [0, 0.05) is 44.1 Å². The first-order chi connectivity index (χ1) is 2.89. The predicted molar refractivity (Wildman–Crippen MR) is 30.1 cm³/mol. The molecule has 0 aromatic heterocycles. The van der Waals surface area contributed by atoms with Crippen molar-refractivity contribution in [3.8, 4) is 0 Å². The van der Waals surface area contributed by atoms with E-state index in [1.807, 2.05) is 11.8 Å². The second kappa shape index (κ2) is 4.61. The van der Waals surface area contributed by atoms with Crippen LogP contribution in [0.4, 0.5) is 0 Å². The molecule has 1 aliphatic heterocycles. The summed E-state index contributed by atoms with van der Waals surface area (Å²) in [6.07, 6.45) is 0. The van der Waals surface area contributed by atoms with E-state index < -0.39 is 0 Å². The summed E-state index contributed by atoms with van der Waals surface area (Å²) in [7, 11) is 0. The normalized spacial score (nSPS) is 29.6. The minimum Gasteiger partial charge on any atom is -0.650 e. The summed E-state index contributed by atoms with van der Waals surface area (Å²) in [5, 5.41) is 4.20. The molecule has 0 N–H and O–H groups in total. The zero-order valence-corrected chi connectivity index (χ0v) is 9.99. The Bertz CT molecular complexity index is 45.0. The van der Waals surface area contributed by atoms with Crippen molar-refractivity contribution in [3.05, 3.63) is 5.32 Å². The zero-order chi connectivity index (χ0) is 4.41. The Morgan fingerprint density at radius 3 is 2.57 bits per heavy atom. The second-order valence-electron chi connectivity index (χ2n) is 1.53. The first kappa shape index (κ1) is 8.75. The van der Waals surface area contributed by atoms with Crippen molar-refractivity contribution in [2.45, 2.75) is 13.0 Å². The molecular formula is C4H8AcNS-. The fraction of sp³-hybridized carbons (Fsp3) is 1.00. The van der Waals surface area contributed by atoms with Crippen LogP contribution in [0.15, 0.2) is 0 Å². The Labute approximate surface area is 84.6 Å². The molecule has 0 amide bonds. The molecule has 0 saturated carbocycles. The molecule has 0 aliphatic carbocycles. The van der Waals surface area contributed by atoms with Gasteiger partial charge in [0.1, 0.15) is 0 Å². The van der Waals surface area contributed by atoms with Crippen LogP contribution in [0.2, 0.25) is 0 Å². The maximum absolute atomic E-state index is 4.20. The van der Waals surface area contributed by atoms with E-state index in [1.165, 1.54) is 5.75 Å². The van der Waals surface area contributed by atoms with Crippen LogP contribution in [-0.4, -0.2) is 17.7 Å². The van der Waals surface area contributed by atoms with Crippen LogP contribution >= 0.6 is 11.8 Å². The van der Waals surface area contributed by atoms with E-state index >= 15 is 0 Å². The quantitative estimate of drug-likeness (QED) is 0.656. The molecule has 1 radical (unpaired) electrons. The molecular weight excluding hydrogens is 321 g/mol. The minimum atomic E-state index is 0. The summed E-state index contributed by atoms with van der Waals surface area (Å²) in [4.78, 5) is 0. The van der Waals surface area contributed by atoms with E-state index in [0.29, 0.717) is 6.04 Å². The van der Waals surface area contributed by atoms with Gasteiger partial charge in [-0.15, -0.1) is 11.9 Å². The number of thioether (sulfide) groups is 1. The Morgan fingerprint density at radius 1 is 1.71 bits per heavy atom. The molecule has 0 aromatic rings. The van der Waals surface area contributed by atoms with Crippen molar-refractivity contribution in [3.63, 3.8) is 0 Å². The number of rotatable bonds is 0. The van der Waals surface area contributed by atoms with Gasteiger partial charge in [-0.05, 0) is 5.75 Å². The molecule has 1 nitrogen and oxygen atoms in total. The van der Waals surface area contributed by atoms with E-state index in [4.69, 9.17) is 0 Å². The Balaban J connectivity index is 0.000000360. The molecule has 3 heteroatoms. The van der Waals surface area contributed by atoms with Gasteiger partial charge in [-0.2, -0.15) is 11.8 Å². The van der Waals surface area contributed by atoms with Gasteiger partial charge < -0.3 is 5.32 Å². The molecule has 1 saturated heterocycles. The van der Waals surface area contributed by atoms with Crippen molar-refractivity contribution in [1.82, 2.24) is 0 Å². The maximum atomic E-state index is 4.20. The molecule has 39 valence electrons. The van der Waals surface area contributed by atoms with E-state index in [2.05, 4.69) is 12.2 Å². The van der Waals surface area contributed by atoms with E-state index in [9.17, 15) is 0 Å². The van der Waals surface area contributed by atoms with Crippen LogP contribution in [0, 0.1) is 44.1 Å². The molecule has 0 aromatic carbocycles. The topological polar surface area (TPSA) is 14.1 Å². The third-order valence-electron chi connectivity index (χ3n) is 0.837. The van der Waals surface area contributed by atoms with Gasteiger partial charge in [0.15, 0.2) is 0 Å². The summed E-state index contributed by atoms with van der Waals surface area (Å²) >= 11 is 1.92. The number of hydrogen-bond acceptors (Lipinski definition) is 1. The molecule has 1 atom stereocenters. The fourth-order valence-corrected chi connectivity index (χ4v) is 1.37. The van der Waals surface area contributed by atoms with Gasteiger partial charge in [-0.1, -0.05) is 6.92 Å². The Hall–Kier alpha value is 1.75. The predicted octanol–water partition coefficient (Wildman–Crippen LogP) is 1.45. The van der Waals surface area contributed by atoms with Crippen molar-refractivity contribution in [2.24, 2.45) is 0 Å². The van der Waals surface area contributed by atoms with E-state index in [0.717, 1.165) is 5.88 Å². The Morgan fingerprint density at radius 2 is 2.43 bits per heavy atom. The van der Waals surface area contributed by atoms with Crippen molar-refractivity contribution >= 4 is 11.8 Å². The van der Waals surface area contributed by atoms with Crippen LogP contribution in [0.3, 0.4) is 0 Å². The molecule has 1 rings (SSSR count). The monoisotopic (exact) mass is 329 g/mol. The maximum Gasteiger partial charge on any atom is 0 e. The third-order valence-corrected chi connectivity index (χ3v) is 1.89. The summed E-state index contributed by atoms with van der Waals surface area (Å²) in [6, 6.07) is 0.634. The van der Waals surface area contributed by atoms with Gasteiger partial charge in [-0.25, -0.2) is 0 Å². The molecule has 1 unspecified atom stereocenters. The van der Waals surface area contributed by atoms with Crippen molar-refractivity contribution in [1.29, 1.82) is 0 Å². The molecule has 7 heavy (non-hydrogen) atoms. The zero-order valence-electron chi connectivity index (χ0n) is 4.42. The number of hydrogen-bond donors (Lipinski definition) is 0. The molecule has 0 spiro atoms. The summed E-state index contributed by atoms with van der Waals surface area (Å²) in [5.41, 5.74) is 0. The standard InChI is InChI=1S/C4H8NS.Ac/c1-4-2-6-3-5-4;/h4H,2-3H2,1H3;/q-1;. The second-order valence-corrected chi connectivity index (χ2v) is 2.53. The molecule has 1 aliphatic rings. The average Bonchev–Trinajstić information content (AvgIpc) is 1.86. The molecule has 0 bridgehead atoms. The number of nitrogens with zero attached hydrogens (tertiary/aromatic N) is 1. The average molecular weight is 329 g/mol. The first-order valence-electron chi connectivity index (χ1n) is 2.14. The van der Waals surface area contributed by atoms with Gasteiger partial charge in [0.25, 0.3) is 0 Å². The smallest absolute Gasteiger partial charge is 0 e. The van der Waals surface area contributed by atoms with E-state index in [-0.39, 0.29) is 44.1 Å². The van der Waals surface area contributed by atoms with Gasteiger partial charge in [-0.3, -0.25) is 0 Å². The van der Waals surface area contributed by atoms with Crippen LogP contribution in [-0.2, 0) is 0 Å². The van der Waals surface area contributed by atoms with Gasteiger partial charge in [0.2, 0.25) is 0 Å². The molecule has 1 heterocycles. The van der Waals surface area contributed by atoms with Crippen molar-refractivity contribution in [2.75, 3.05) is 11.6 Å². The largest absolute Gasteiger partial charge is 0.650 e. The first-order valence-corrected chi connectivity index (χ1v) is 3.29.